The Hall–Kier alpha value is -8.59. The molecule has 3 aliphatic heterocycles. The van der Waals surface area contributed by atoms with Gasteiger partial charge in [0.1, 0.15) is 23.0 Å². The molecule has 0 saturated carbocycles. The van der Waals surface area contributed by atoms with Gasteiger partial charge >= 0.3 is 0 Å². The number of nitrogens with zero attached hydrogens (tertiary/aromatic N) is 2. The summed E-state index contributed by atoms with van der Waals surface area (Å²) in [5.41, 5.74) is -2.36. The highest BCUT2D eigenvalue weighted by Crippen LogP contribution is 2.29. The Bertz CT molecular complexity index is 3080. The van der Waals surface area contributed by atoms with Gasteiger partial charge in [-0.15, -0.1) is 0 Å². The van der Waals surface area contributed by atoms with Gasteiger partial charge in [0.25, 0.3) is 57.4 Å². The van der Waals surface area contributed by atoms with Crippen LogP contribution in [0.5, 0.6) is 23.0 Å². The van der Waals surface area contributed by atoms with Gasteiger partial charge in [0.05, 0.1) is 49.4 Å². The minimum Gasteiger partial charge on any atom is -0.506 e. The van der Waals surface area contributed by atoms with Gasteiger partial charge in [-0.05, 0) is 86.1 Å². The van der Waals surface area contributed by atoms with E-state index in [0.29, 0.717) is 0 Å². The van der Waals surface area contributed by atoms with E-state index in [0.717, 1.165) is 12.1 Å². The minimum absolute atomic E-state index is 0.00630. The quantitative estimate of drug-likeness (QED) is 0.0921. The SMILES string of the molecule is O=C1NCCC2/C=C/C3CCNC(=O)c4cccc(c4O)C(=O)NCCN(CCNC(=O)c4cc(S(=O)(=O)O)cc(c4O)C(=O)NCC3)CCN(CCNC(=O)c3cccc1c3O)CCNC(=O)c1cccc(c1O)C(=O)NCC2. The van der Waals surface area contributed by atoms with Crippen LogP contribution in [-0.2, 0) is 10.1 Å². The molecule has 0 fully saturated rings. The van der Waals surface area contributed by atoms with Crippen LogP contribution in [0.3, 0.4) is 0 Å². The summed E-state index contributed by atoms with van der Waals surface area (Å²) >= 11 is 0. The number of aromatic hydroxyl groups is 4. The lowest BCUT2D eigenvalue weighted by Gasteiger charge is -2.28. The first-order valence-corrected chi connectivity index (χ1v) is 27.4. The van der Waals surface area contributed by atoms with E-state index in [1.807, 2.05) is 4.90 Å². The summed E-state index contributed by atoms with van der Waals surface area (Å²) in [4.78, 5) is 112. The van der Waals surface area contributed by atoms with Gasteiger partial charge in [-0.2, -0.15) is 8.42 Å². The Morgan fingerprint density at radius 3 is 0.825 bits per heavy atom. The number of allylic oxidation sites excluding steroid dienone is 2. The molecular formula is C54H64N10O15S. The average molecular weight is 1130 g/mol. The predicted octanol–water partition coefficient (Wildman–Crippen LogP) is 0.689. The number of carbonyl (C=O) groups excluding carboxylic acids is 8. The monoisotopic (exact) mass is 1120 g/mol. The van der Waals surface area contributed by atoms with Crippen LogP contribution in [0.4, 0.5) is 0 Å². The van der Waals surface area contributed by atoms with Crippen LogP contribution in [-0.4, -0.2) is 182 Å². The smallest absolute Gasteiger partial charge is 0.294 e. The molecule has 0 spiro atoms. The number of hydrogen-bond acceptors (Lipinski definition) is 16. The van der Waals surface area contributed by atoms with Crippen LogP contribution in [0.15, 0.2) is 83.8 Å². The summed E-state index contributed by atoms with van der Waals surface area (Å²) in [7, 11) is -5.05. The highest BCUT2D eigenvalue weighted by atomic mass is 32.2. The molecule has 3 aliphatic rings. The number of amides is 8. The molecular weight excluding hydrogens is 1060 g/mol. The second-order valence-corrected chi connectivity index (χ2v) is 20.7. The standard InChI is InChI=1S/C54H64N10O15S/c65-43-35-4-1-7-38(43)50(72)59-20-24-63-25-21-60-51(73)39-8-2-5-36(44(39)66)48(70)56-17-13-32(12-16-55-47(35)69)10-11-33-14-18-57-49(71)37-6-3-9-40(45(37)67)52(74)61-22-26-64(29-28-63)27-23-62-54(76)42-31-34(80(77,78)79)30-41(46(42)68)53(75)58-19-15-33/h1-11,30-33,65-68H,12-29H2,(H,55,69)(H,56,70)(H,57,71)(H,58,75)(H,59,72)(H,60,73)(H,61,74)(H,62,76)(H,77,78,79)/b11-10+. The van der Waals surface area contributed by atoms with E-state index >= 15 is 0 Å². The maximum Gasteiger partial charge on any atom is 0.294 e. The lowest BCUT2D eigenvalue weighted by molar-refractivity contribution is 0.0914. The number of hydrogen-bond donors (Lipinski definition) is 13. The van der Waals surface area contributed by atoms with Gasteiger partial charge in [-0.1, -0.05) is 30.4 Å². The molecule has 12 bridgehead atoms. The van der Waals surface area contributed by atoms with Gasteiger partial charge in [0.2, 0.25) is 0 Å². The van der Waals surface area contributed by atoms with Crippen molar-refractivity contribution in [2.45, 2.75) is 30.6 Å². The van der Waals surface area contributed by atoms with Crippen molar-refractivity contribution in [2.75, 3.05) is 91.6 Å². The van der Waals surface area contributed by atoms with Crippen LogP contribution in [0.25, 0.3) is 0 Å². The number of fused-ring (bicyclic) bond motifs is 20. The summed E-state index contributed by atoms with van der Waals surface area (Å²) < 4.78 is 35.1. The Kier molecular flexibility index (Phi) is 20.2. The zero-order valence-electron chi connectivity index (χ0n) is 43.5. The van der Waals surface area contributed by atoms with Gasteiger partial charge in [0, 0.05) is 91.6 Å². The number of carbonyl (C=O) groups is 8. The van der Waals surface area contributed by atoms with Crippen molar-refractivity contribution in [3.63, 3.8) is 0 Å². The molecule has 13 N–H and O–H groups in total. The summed E-state index contributed by atoms with van der Waals surface area (Å²) in [6.07, 6.45) is 4.29. The van der Waals surface area contributed by atoms with E-state index in [1.165, 1.54) is 54.6 Å². The molecule has 4 aromatic rings. The van der Waals surface area contributed by atoms with E-state index in [9.17, 15) is 71.8 Å². The molecule has 80 heavy (non-hydrogen) atoms. The third-order valence-corrected chi connectivity index (χ3v) is 14.7. The Balaban J connectivity index is 1.33. The van der Waals surface area contributed by atoms with Crippen molar-refractivity contribution in [3.8, 4) is 23.0 Å². The number of benzene rings is 4. The number of phenols is 4. The van der Waals surface area contributed by atoms with Crippen molar-refractivity contribution in [1.29, 1.82) is 0 Å². The maximum atomic E-state index is 13.8. The van der Waals surface area contributed by atoms with Crippen LogP contribution in [0.1, 0.15) is 109 Å². The molecule has 4 aromatic carbocycles. The van der Waals surface area contributed by atoms with Crippen molar-refractivity contribution >= 4 is 57.4 Å². The van der Waals surface area contributed by atoms with Gasteiger partial charge in [-0.3, -0.25) is 52.7 Å². The molecule has 0 aromatic heterocycles. The van der Waals surface area contributed by atoms with Gasteiger partial charge < -0.3 is 63.0 Å². The summed E-state index contributed by atoms with van der Waals surface area (Å²) in [6, 6.07) is 13.9. The minimum atomic E-state index is -5.05. The second kappa shape index (κ2) is 27.3. The van der Waals surface area contributed by atoms with Crippen molar-refractivity contribution in [3.05, 3.63) is 123 Å². The zero-order chi connectivity index (χ0) is 57.5. The number of phenolic OH excluding ortho intramolecular Hbond substituents is 4. The van der Waals surface area contributed by atoms with Gasteiger partial charge in [-0.25, -0.2) is 0 Å². The summed E-state index contributed by atoms with van der Waals surface area (Å²) in [6.45, 7) is 0.137. The van der Waals surface area contributed by atoms with E-state index in [1.54, 1.807) is 17.1 Å². The molecule has 0 radical (unpaired) electrons. The van der Waals surface area contributed by atoms with Crippen LogP contribution < -0.4 is 42.5 Å². The second-order valence-electron chi connectivity index (χ2n) is 19.2. The fourth-order valence-electron chi connectivity index (χ4n) is 9.33. The van der Waals surface area contributed by atoms with E-state index in [-0.39, 0.29) is 151 Å². The van der Waals surface area contributed by atoms with E-state index in [4.69, 9.17) is 0 Å². The van der Waals surface area contributed by atoms with E-state index < -0.39 is 108 Å². The van der Waals surface area contributed by atoms with Crippen molar-refractivity contribution in [1.82, 2.24) is 52.3 Å². The first kappa shape index (κ1) is 59.1. The molecule has 7 rings (SSSR count). The predicted molar refractivity (Wildman–Crippen MR) is 288 cm³/mol. The molecule has 26 heteroatoms. The molecule has 0 aliphatic carbocycles. The van der Waals surface area contributed by atoms with Crippen LogP contribution in [0.2, 0.25) is 0 Å². The molecule has 8 amide bonds. The highest BCUT2D eigenvalue weighted by Gasteiger charge is 2.27. The maximum absolute atomic E-state index is 13.8. The van der Waals surface area contributed by atoms with Crippen molar-refractivity contribution in [2.24, 2.45) is 11.8 Å². The molecule has 2 unspecified atom stereocenters. The number of para-hydroxylation sites is 3. The summed E-state index contributed by atoms with van der Waals surface area (Å²) in [5, 5.41) is 67.0. The Morgan fingerprint density at radius 1 is 0.350 bits per heavy atom. The lowest BCUT2D eigenvalue weighted by atomic mass is 9.94. The fourth-order valence-corrected chi connectivity index (χ4v) is 9.86. The lowest BCUT2D eigenvalue weighted by Crippen LogP contribution is -2.46. The Labute approximate surface area is 460 Å². The average Bonchev–Trinajstić information content (AvgIpc) is 3.41. The summed E-state index contributed by atoms with van der Waals surface area (Å²) in [5.74, 6) is -9.73. The van der Waals surface area contributed by atoms with E-state index in [2.05, 4.69) is 42.5 Å². The first-order valence-electron chi connectivity index (χ1n) is 26.0. The largest absolute Gasteiger partial charge is 0.506 e. The molecule has 426 valence electrons. The van der Waals surface area contributed by atoms with Crippen LogP contribution >= 0.6 is 0 Å². The topological polar surface area (TPSA) is 375 Å². The highest BCUT2D eigenvalue weighted by molar-refractivity contribution is 7.85. The number of nitrogens with one attached hydrogen (secondary N) is 8. The Morgan fingerprint density at radius 2 is 0.575 bits per heavy atom. The zero-order valence-corrected chi connectivity index (χ0v) is 44.3. The molecule has 2 atom stereocenters. The van der Waals surface area contributed by atoms with Gasteiger partial charge in [0.15, 0.2) is 0 Å². The first-order chi connectivity index (χ1) is 38.3. The third-order valence-electron chi connectivity index (χ3n) is 13.9. The van der Waals surface area contributed by atoms with Crippen molar-refractivity contribution < 1.29 is 71.8 Å². The molecule has 3 heterocycles. The normalized spacial score (nSPS) is 21.8. The number of rotatable bonds is 1. The third kappa shape index (κ3) is 15.4. The molecule has 0 saturated heterocycles. The van der Waals surface area contributed by atoms with Crippen LogP contribution in [0, 0.1) is 11.8 Å². The fraction of sp³-hybridized carbons (Fsp3) is 0.370. The molecule has 25 nitrogen and oxygen atoms in total.